The number of carbonyl (C=O) groups excluding carboxylic acids is 10. The van der Waals surface area contributed by atoms with Gasteiger partial charge in [0.15, 0.2) is 29.1 Å². The number of rotatable bonds is 19. The third-order valence-corrected chi connectivity index (χ3v) is 16.9. The number of ketones is 1. The molecular weight excluding hydrogens is 1180 g/mol. The van der Waals surface area contributed by atoms with E-state index >= 15 is 0 Å². The molecule has 0 radical (unpaired) electrons. The molecule has 3 aliphatic heterocycles. The maximum atomic E-state index is 14.8. The third kappa shape index (κ3) is 17.4. The lowest BCUT2D eigenvalue weighted by atomic mass is 9.85. The summed E-state index contributed by atoms with van der Waals surface area (Å²) in [6.45, 7) is 22.0. The molecule has 0 bridgehead atoms. The van der Waals surface area contributed by atoms with Crippen molar-refractivity contribution in [3.05, 3.63) is 59.7 Å². The van der Waals surface area contributed by atoms with Crippen LogP contribution in [0.2, 0.25) is 0 Å². The smallest absolute Gasteiger partial charge is 0.410 e. The van der Waals surface area contributed by atoms with E-state index in [1.807, 2.05) is 0 Å². The van der Waals surface area contributed by atoms with E-state index in [4.69, 9.17) is 18.9 Å². The van der Waals surface area contributed by atoms with Crippen LogP contribution in [-0.4, -0.2) is 197 Å². The molecule has 90 heavy (non-hydrogen) atoms. The third-order valence-electron chi connectivity index (χ3n) is 16.9. The number of ether oxygens (including phenoxy) is 4. The van der Waals surface area contributed by atoms with Crippen molar-refractivity contribution in [3.63, 3.8) is 0 Å². The molecule has 2 aromatic rings. The van der Waals surface area contributed by atoms with Crippen molar-refractivity contribution in [2.45, 2.75) is 170 Å². The second-order valence-electron chi connectivity index (χ2n) is 28.0. The highest BCUT2D eigenvalue weighted by Gasteiger charge is 2.56. The van der Waals surface area contributed by atoms with Crippen LogP contribution in [0, 0.1) is 57.8 Å². The molecule has 3 heterocycles. The van der Waals surface area contributed by atoms with E-state index in [9.17, 15) is 65.5 Å². The molecule has 4 N–H and O–H groups in total. The summed E-state index contributed by atoms with van der Waals surface area (Å²) in [4.78, 5) is 145. The molecule has 498 valence electrons. The quantitative estimate of drug-likeness (QED) is 0.102. The lowest BCUT2D eigenvalue weighted by Crippen LogP contribution is -2.60. The number of likely N-dealkylation sites (tertiary alicyclic amines) is 3. The molecular formula is C63H89F4N9O14. The van der Waals surface area contributed by atoms with E-state index in [2.05, 4.69) is 21.3 Å². The van der Waals surface area contributed by atoms with Gasteiger partial charge in [-0.25, -0.2) is 27.2 Å². The molecule has 4 fully saturated rings. The number of Topliss-reactive ketones (excluding diaryl/α,β-unsaturated/α-hetero) is 1. The number of nitrogens with zero attached hydrogens (tertiary/aromatic N) is 5. The zero-order chi connectivity index (χ0) is 67.4. The van der Waals surface area contributed by atoms with Gasteiger partial charge in [-0.1, -0.05) is 41.5 Å². The highest BCUT2D eigenvalue weighted by molar-refractivity contribution is 6.35. The van der Waals surface area contributed by atoms with Crippen molar-refractivity contribution in [2.75, 3.05) is 60.0 Å². The molecule has 11 atom stereocenters. The van der Waals surface area contributed by atoms with Gasteiger partial charge in [-0.2, -0.15) is 0 Å². The van der Waals surface area contributed by atoms with Crippen LogP contribution >= 0.6 is 0 Å². The SMILES string of the molecule is C[C@@H](C(=O)N[C@H](C(=O)N1CC[C@@H]2[C@H]1[C@@H](COc1ccc(F)c(F)c1)CN2C(=O)CNC(=O)C(=O)NCC(=O)C1C[C@H](COc2ccc(F)c(F)c2)[C@@H]2[C@H]1CCN2C(=O)[C@@H](NC(=O)[C@H](C)N(C)C(=O)OC(C)(C)C)C(C)(C)C)C(C)(C)C)N(C)C(=O)OC(C)(C)C. The Morgan fingerprint density at radius 3 is 1.42 bits per heavy atom. The molecule has 6 rings (SSSR count). The van der Waals surface area contributed by atoms with Gasteiger partial charge in [-0.05, 0) is 116 Å². The van der Waals surface area contributed by atoms with Gasteiger partial charge >= 0.3 is 24.0 Å². The zero-order valence-electron chi connectivity index (χ0n) is 54.3. The van der Waals surface area contributed by atoms with E-state index in [1.54, 1.807) is 88.0 Å². The first kappa shape index (κ1) is 71.3. The summed E-state index contributed by atoms with van der Waals surface area (Å²) < 4.78 is 79.2. The molecule has 3 saturated heterocycles. The number of hydrogen-bond acceptors (Lipinski definition) is 14. The average Bonchev–Trinajstić information content (AvgIpc) is 1.61. The molecule has 27 heteroatoms. The van der Waals surface area contributed by atoms with E-state index in [1.165, 1.54) is 49.9 Å². The number of carbonyl (C=O) groups is 10. The van der Waals surface area contributed by atoms with Crippen molar-refractivity contribution in [3.8, 4) is 11.5 Å². The summed E-state index contributed by atoms with van der Waals surface area (Å²) in [7, 11) is 2.79. The standard InChI is InChI=1S/C63H89F4N9O14/c1-33(72(15)58(85)89-62(9,10)11)52(79)70-50(60(3,4)5)56(83)74-23-21-39-40(25-35(48(39)74)31-87-37-17-19-41(64)43(66)26-37)46(77)28-68-54(81)55(82)69-29-47(78)76-30-36(32-88-38-18-20-42(65)44(67)27-38)49-45(76)22-24-75(49)57(84)51(61(6,7)8)71-53(80)34(2)73(16)59(86)90-63(12,13)14/h17-20,26-27,33-36,39-40,45,48-51H,21-25,28-32H2,1-16H3,(H,68,81)(H,69,82)(H,70,79)(H,71,80)/t33-,34-,35+,36+,39-,40?,45+,48+,49+,50+,51+/m0/s1. The molecule has 23 nitrogen and oxygen atoms in total. The predicted octanol–water partition coefficient (Wildman–Crippen LogP) is 5.36. The molecule has 0 aromatic heterocycles. The monoisotopic (exact) mass is 1270 g/mol. The number of amides is 9. The first-order valence-corrected chi connectivity index (χ1v) is 30.3. The van der Waals surface area contributed by atoms with Gasteiger partial charge in [-0.3, -0.25) is 48.2 Å². The number of nitrogens with one attached hydrogen (secondary N) is 4. The summed E-state index contributed by atoms with van der Waals surface area (Å²) in [5.41, 5.74) is -3.49. The highest BCUT2D eigenvalue weighted by atomic mass is 19.2. The summed E-state index contributed by atoms with van der Waals surface area (Å²) in [6.07, 6.45) is -0.873. The van der Waals surface area contributed by atoms with Gasteiger partial charge in [0.25, 0.3) is 0 Å². The minimum absolute atomic E-state index is 0.0144. The Hall–Kier alpha value is -7.74. The van der Waals surface area contributed by atoms with Crippen LogP contribution in [0.4, 0.5) is 27.2 Å². The zero-order valence-corrected chi connectivity index (χ0v) is 54.3. The number of hydrogen-bond donors (Lipinski definition) is 4. The van der Waals surface area contributed by atoms with Gasteiger partial charge in [0.1, 0.15) is 46.9 Å². The lowest BCUT2D eigenvalue weighted by molar-refractivity contribution is -0.142. The Bertz CT molecular complexity index is 2850. The molecule has 9 amide bonds. The van der Waals surface area contributed by atoms with E-state index in [0.29, 0.717) is 6.42 Å². The van der Waals surface area contributed by atoms with Crippen LogP contribution in [-0.2, 0) is 47.8 Å². The summed E-state index contributed by atoms with van der Waals surface area (Å²) in [5, 5.41) is 10.3. The average molecular weight is 1270 g/mol. The van der Waals surface area contributed by atoms with Crippen LogP contribution in [0.5, 0.6) is 11.5 Å². The summed E-state index contributed by atoms with van der Waals surface area (Å²) in [6, 6.07) is -0.623. The first-order valence-electron chi connectivity index (χ1n) is 30.3. The lowest BCUT2D eigenvalue weighted by Gasteiger charge is -2.38. The number of fused-ring (bicyclic) bond motifs is 2. The molecule has 0 spiro atoms. The van der Waals surface area contributed by atoms with Crippen molar-refractivity contribution >= 4 is 59.3 Å². The van der Waals surface area contributed by atoms with Crippen LogP contribution in [0.15, 0.2) is 36.4 Å². The van der Waals surface area contributed by atoms with Crippen LogP contribution < -0.4 is 30.7 Å². The minimum Gasteiger partial charge on any atom is -0.493 e. The van der Waals surface area contributed by atoms with Crippen LogP contribution in [0.1, 0.15) is 116 Å². The Morgan fingerprint density at radius 2 is 0.989 bits per heavy atom. The number of likely N-dealkylation sites (N-methyl/N-ethyl adjacent to an activating group) is 2. The minimum atomic E-state index is -1.26. The van der Waals surface area contributed by atoms with E-state index in [-0.39, 0.29) is 57.2 Å². The predicted molar refractivity (Wildman–Crippen MR) is 319 cm³/mol. The fraction of sp³-hybridized carbons (Fsp3) is 0.651. The van der Waals surface area contributed by atoms with Gasteiger partial charge in [-0.15, -0.1) is 0 Å². The van der Waals surface area contributed by atoms with Gasteiger partial charge < -0.3 is 54.9 Å². The summed E-state index contributed by atoms with van der Waals surface area (Å²) in [5.74, 6) is -13.1. The summed E-state index contributed by atoms with van der Waals surface area (Å²) >= 11 is 0. The fourth-order valence-electron chi connectivity index (χ4n) is 12.0. The Balaban J connectivity index is 1.13. The molecule has 4 aliphatic rings. The number of halogens is 4. The van der Waals surface area contributed by atoms with Gasteiger partial charge in [0.2, 0.25) is 29.5 Å². The van der Waals surface area contributed by atoms with Crippen molar-refractivity contribution < 1.29 is 84.5 Å². The van der Waals surface area contributed by atoms with Crippen molar-refractivity contribution in [2.24, 2.45) is 34.5 Å². The van der Waals surface area contributed by atoms with Crippen molar-refractivity contribution in [1.29, 1.82) is 0 Å². The fourth-order valence-corrected chi connectivity index (χ4v) is 12.0. The first-order chi connectivity index (χ1) is 41.6. The Kier molecular flexibility index (Phi) is 22.3. The molecule has 2 aromatic carbocycles. The highest BCUT2D eigenvalue weighted by Crippen LogP contribution is 2.47. The van der Waals surface area contributed by atoms with E-state index in [0.717, 1.165) is 34.1 Å². The van der Waals surface area contributed by atoms with Crippen LogP contribution in [0.25, 0.3) is 0 Å². The Labute approximate surface area is 523 Å². The molecule has 1 aliphatic carbocycles. The second-order valence-corrected chi connectivity index (χ2v) is 28.0. The maximum absolute atomic E-state index is 14.8. The Morgan fingerprint density at radius 1 is 0.567 bits per heavy atom. The molecule has 1 unspecified atom stereocenters. The van der Waals surface area contributed by atoms with Gasteiger partial charge in [0.05, 0.1) is 38.4 Å². The topological polar surface area (TPSA) is 272 Å². The van der Waals surface area contributed by atoms with Gasteiger partial charge in [0, 0.05) is 69.7 Å². The van der Waals surface area contributed by atoms with Crippen LogP contribution in [0.3, 0.4) is 0 Å². The second kappa shape index (κ2) is 28.2. The normalized spacial score (nSPS) is 22.0. The van der Waals surface area contributed by atoms with E-state index < -0.39 is 184 Å². The number of benzene rings is 2. The van der Waals surface area contributed by atoms with Crippen molar-refractivity contribution in [1.82, 2.24) is 45.8 Å². The largest absolute Gasteiger partial charge is 0.493 e. The molecule has 1 saturated carbocycles. The maximum Gasteiger partial charge on any atom is 0.410 e.